The molecule has 5 nitrogen and oxygen atoms in total. The maximum absolute atomic E-state index is 5.92. The highest BCUT2D eigenvalue weighted by molar-refractivity contribution is 8.00. The molecule has 0 amide bonds. The Hall–Kier alpha value is -0.590. The Morgan fingerprint density at radius 2 is 2.47 bits per heavy atom. The van der Waals surface area contributed by atoms with E-state index in [1.807, 2.05) is 18.7 Å². The first kappa shape index (κ1) is 12.9. The molecule has 0 bridgehead atoms. The topological polar surface area (TPSA) is 74.2 Å². The highest BCUT2D eigenvalue weighted by atomic mass is 32.2. The van der Waals surface area contributed by atoms with E-state index < -0.39 is 0 Å². The lowest BCUT2D eigenvalue weighted by molar-refractivity contribution is 0.130. The lowest BCUT2D eigenvalue weighted by Crippen LogP contribution is -2.19. The average molecular weight is 257 g/mol. The largest absolute Gasteiger partial charge is 0.380 e. The predicted octanol–water partition coefficient (Wildman–Crippen LogP) is 1.85. The molecule has 96 valence electrons. The number of aromatic nitrogens is 2. The van der Waals surface area contributed by atoms with Gasteiger partial charge in [-0.1, -0.05) is 5.16 Å². The van der Waals surface area contributed by atoms with Crippen molar-refractivity contribution in [2.75, 3.05) is 19.0 Å². The van der Waals surface area contributed by atoms with E-state index in [-0.39, 0.29) is 10.8 Å². The minimum atomic E-state index is -0.303. The van der Waals surface area contributed by atoms with Crippen LogP contribution in [0.4, 0.5) is 0 Å². The van der Waals surface area contributed by atoms with Crippen LogP contribution >= 0.6 is 11.8 Å². The van der Waals surface area contributed by atoms with Crippen molar-refractivity contribution in [2.45, 2.75) is 37.5 Å². The zero-order valence-electron chi connectivity index (χ0n) is 10.3. The van der Waals surface area contributed by atoms with Gasteiger partial charge in [-0.2, -0.15) is 4.98 Å². The molecule has 1 aliphatic heterocycles. The minimum Gasteiger partial charge on any atom is -0.380 e. The van der Waals surface area contributed by atoms with E-state index >= 15 is 0 Å². The van der Waals surface area contributed by atoms with Crippen LogP contribution in [0.5, 0.6) is 0 Å². The molecule has 2 unspecified atom stereocenters. The Balaban J connectivity index is 2.05. The third kappa shape index (κ3) is 2.81. The van der Waals surface area contributed by atoms with Crippen LogP contribution in [0.3, 0.4) is 0 Å². The van der Waals surface area contributed by atoms with Crippen molar-refractivity contribution in [2.24, 2.45) is 5.73 Å². The second-order valence-corrected chi connectivity index (χ2v) is 6.00. The summed E-state index contributed by atoms with van der Waals surface area (Å²) in [6.07, 6.45) is 2.28. The van der Waals surface area contributed by atoms with Crippen LogP contribution in [0.15, 0.2) is 4.52 Å². The molecular weight excluding hydrogens is 238 g/mol. The first-order valence-corrected chi connectivity index (χ1v) is 6.95. The number of rotatable bonds is 5. The molecule has 1 aromatic rings. The molecule has 0 radical (unpaired) electrons. The molecule has 17 heavy (non-hydrogen) atoms. The van der Waals surface area contributed by atoms with Crippen molar-refractivity contribution in [1.82, 2.24) is 10.1 Å². The zero-order chi connectivity index (χ0) is 12.3. The lowest BCUT2D eigenvalue weighted by atomic mass is 10.1. The minimum absolute atomic E-state index is 0.0312. The van der Waals surface area contributed by atoms with Gasteiger partial charge in [0.2, 0.25) is 5.89 Å². The summed E-state index contributed by atoms with van der Waals surface area (Å²) in [5, 5.41) is 3.95. The van der Waals surface area contributed by atoms with Gasteiger partial charge in [-0.05, 0) is 32.4 Å². The molecule has 1 fully saturated rings. The third-order valence-electron chi connectivity index (χ3n) is 2.95. The van der Waals surface area contributed by atoms with Crippen LogP contribution in [-0.2, 0) is 9.48 Å². The Kier molecular flexibility index (Phi) is 4.06. The molecule has 1 saturated heterocycles. The van der Waals surface area contributed by atoms with E-state index in [1.165, 1.54) is 6.42 Å². The average Bonchev–Trinajstić information content (AvgIpc) is 2.95. The molecule has 2 rings (SSSR count). The van der Waals surface area contributed by atoms with Crippen molar-refractivity contribution in [3.05, 3.63) is 11.7 Å². The fourth-order valence-corrected chi connectivity index (χ4v) is 3.10. The SMILES string of the molecule is CCOCC(N)c1noc(C2(C)CCCS2)n1. The zero-order valence-corrected chi connectivity index (χ0v) is 11.1. The number of ether oxygens (including phenoxy) is 1. The van der Waals surface area contributed by atoms with Crippen molar-refractivity contribution < 1.29 is 9.26 Å². The Bertz CT molecular complexity index is 363. The maximum atomic E-state index is 5.92. The van der Waals surface area contributed by atoms with E-state index in [0.717, 1.165) is 12.2 Å². The summed E-state index contributed by atoms with van der Waals surface area (Å²) < 4.78 is 10.6. The summed E-state index contributed by atoms with van der Waals surface area (Å²) in [6.45, 7) is 5.16. The molecule has 2 heterocycles. The molecule has 1 aliphatic rings. The summed E-state index contributed by atoms with van der Waals surface area (Å²) in [5.74, 6) is 2.39. The van der Waals surface area contributed by atoms with E-state index in [2.05, 4.69) is 17.1 Å². The highest BCUT2D eigenvalue weighted by Gasteiger charge is 2.37. The van der Waals surface area contributed by atoms with Gasteiger partial charge in [0, 0.05) is 6.61 Å². The molecule has 2 N–H and O–H groups in total. The van der Waals surface area contributed by atoms with Crippen LogP contribution < -0.4 is 5.73 Å². The fourth-order valence-electron chi connectivity index (χ4n) is 1.87. The number of nitrogens with zero attached hydrogens (tertiary/aromatic N) is 2. The standard InChI is InChI=1S/C11H19N3O2S/c1-3-15-7-8(12)9-13-10(16-14-9)11(2)5-4-6-17-11/h8H,3-7,12H2,1-2H3. The second-order valence-electron chi connectivity index (χ2n) is 4.41. The van der Waals surface area contributed by atoms with Gasteiger partial charge in [0.15, 0.2) is 5.82 Å². The van der Waals surface area contributed by atoms with Crippen molar-refractivity contribution in [1.29, 1.82) is 0 Å². The molecule has 0 spiro atoms. The van der Waals surface area contributed by atoms with Gasteiger partial charge in [0.05, 0.1) is 17.4 Å². The Labute approximate surface area is 105 Å². The molecule has 2 atom stereocenters. The van der Waals surface area contributed by atoms with Crippen LogP contribution in [-0.4, -0.2) is 29.1 Å². The number of hydrogen-bond donors (Lipinski definition) is 1. The van der Waals surface area contributed by atoms with E-state index in [0.29, 0.717) is 24.9 Å². The van der Waals surface area contributed by atoms with E-state index in [1.54, 1.807) is 0 Å². The summed E-state index contributed by atoms with van der Waals surface area (Å²) in [4.78, 5) is 4.41. The van der Waals surface area contributed by atoms with Crippen LogP contribution in [0.25, 0.3) is 0 Å². The summed E-state index contributed by atoms with van der Waals surface area (Å²) >= 11 is 1.87. The summed E-state index contributed by atoms with van der Waals surface area (Å²) in [5.41, 5.74) is 5.92. The van der Waals surface area contributed by atoms with E-state index in [9.17, 15) is 0 Å². The maximum Gasteiger partial charge on any atom is 0.242 e. The molecular formula is C11H19N3O2S. The summed E-state index contributed by atoms with van der Waals surface area (Å²) in [6, 6.07) is -0.303. The van der Waals surface area contributed by atoms with Gasteiger partial charge in [-0.25, -0.2) is 0 Å². The summed E-state index contributed by atoms with van der Waals surface area (Å²) in [7, 11) is 0. The molecule has 0 aliphatic carbocycles. The smallest absolute Gasteiger partial charge is 0.242 e. The van der Waals surface area contributed by atoms with Crippen molar-refractivity contribution in [3.63, 3.8) is 0 Å². The number of nitrogens with two attached hydrogens (primary N) is 1. The Morgan fingerprint density at radius 1 is 1.65 bits per heavy atom. The van der Waals surface area contributed by atoms with Gasteiger partial charge in [0.25, 0.3) is 0 Å². The predicted molar refractivity (Wildman–Crippen MR) is 66.8 cm³/mol. The van der Waals surface area contributed by atoms with Crippen LogP contribution in [0.2, 0.25) is 0 Å². The first-order chi connectivity index (χ1) is 8.15. The third-order valence-corrected chi connectivity index (χ3v) is 4.45. The molecule has 0 saturated carbocycles. The normalized spacial score (nSPS) is 26.3. The van der Waals surface area contributed by atoms with Crippen LogP contribution in [0, 0.1) is 0 Å². The van der Waals surface area contributed by atoms with Gasteiger partial charge in [0.1, 0.15) is 0 Å². The molecule has 1 aromatic heterocycles. The Morgan fingerprint density at radius 3 is 3.12 bits per heavy atom. The fraction of sp³-hybridized carbons (Fsp3) is 0.818. The molecule has 6 heteroatoms. The second kappa shape index (κ2) is 5.37. The quantitative estimate of drug-likeness (QED) is 0.867. The van der Waals surface area contributed by atoms with Gasteiger partial charge in [-0.3, -0.25) is 0 Å². The van der Waals surface area contributed by atoms with Crippen molar-refractivity contribution in [3.8, 4) is 0 Å². The number of thioether (sulfide) groups is 1. The van der Waals surface area contributed by atoms with Crippen LogP contribution in [0.1, 0.15) is 44.4 Å². The molecule has 0 aromatic carbocycles. The number of hydrogen-bond acceptors (Lipinski definition) is 6. The lowest BCUT2D eigenvalue weighted by Gasteiger charge is -2.16. The highest BCUT2D eigenvalue weighted by Crippen LogP contribution is 2.45. The van der Waals surface area contributed by atoms with Crippen molar-refractivity contribution >= 4 is 11.8 Å². The van der Waals surface area contributed by atoms with Gasteiger partial charge < -0.3 is 15.0 Å². The first-order valence-electron chi connectivity index (χ1n) is 5.97. The van der Waals surface area contributed by atoms with E-state index in [4.69, 9.17) is 15.0 Å². The van der Waals surface area contributed by atoms with Gasteiger partial charge in [-0.15, -0.1) is 11.8 Å². The van der Waals surface area contributed by atoms with Gasteiger partial charge >= 0.3 is 0 Å². The monoisotopic (exact) mass is 257 g/mol.